The van der Waals surface area contributed by atoms with Crippen molar-refractivity contribution < 1.29 is 9.21 Å². The van der Waals surface area contributed by atoms with Crippen LogP contribution in [0.4, 0.5) is 0 Å². The van der Waals surface area contributed by atoms with E-state index >= 15 is 0 Å². The van der Waals surface area contributed by atoms with Crippen LogP contribution in [0.5, 0.6) is 0 Å². The highest BCUT2D eigenvalue weighted by Gasteiger charge is 2.10. The molecule has 0 fully saturated rings. The number of nitrogens with one attached hydrogen (secondary N) is 1. The molecule has 0 saturated carbocycles. The zero-order valence-corrected chi connectivity index (χ0v) is 13.6. The van der Waals surface area contributed by atoms with E-state index in [1.807, 2.05) is 26.1 Å². The van der Waals surface area contributed by atoms with Crippen LogP contribution in [-0.2, 0) is 13.1 Å². The van der Waals surface area contributed by atoms with Gasteiger partial charge in [0.1, 0.15) is 5.76 Å². The van der Waals surface area contributed by atoms with Gasteiger partial charge in [0.15, 0.2) is 0 Å². The maximum Gasteiger partial charge on any atom is 0.265 e. The van der Waals surface area contributed by atoms with Gasteiger partial charge in [0.25, 0.3) is 5.91 Å². The van der Waals surface area contributed by atoms with Crippen LogP contribution in [0, 0.1) is 6.92 Å². The normalized spacial score (nSPS) is 10.9. The molecule has 0 aliphatic carbocycles. The number of nitrogen functional groups attached to an aromatic ring is 1. The van der Waals surface area contributed by atoms with Gasteiger partial charge in [-0.15, -0.1) is 0 Å². The lowest BCUT2D eigenvalue weighted by molar-refractivity contribution is 0.0953. The molecule has 21 heavy (non-hydrogen) atoms. The molecule has 3 N–H and O–H groups in total. The van der Waals surface area contributed by atoms with Gasteiger partial charge in [-0.1, -0.05) is 22.0 Å². The van der Waals surface area contributed by atoms with E-state index in [4.69, 9.17) is 10.3 Å². The van der Waals surface area contributed by atoms with E-state index in [-0.39, 0.29) is 5.91 Å². The Hall–Kier alpha value is -1.63. The second kappa shape index (κ2) is 6.89. The van der Waals surface area contributed by atoms with Gasteiger partial charge >= 0.3 is 0 Å². The average molecular weight is 352 g/mol. The molecule has 0 aliphatic rings. The van der Waals surface area contributed by atoms with Gasteiger partial charge < -0.3 is 4.42 Å². The number of nitrogens with zero attached hydrogens (tertiary/aromatic N) is 1. The van der Waals surface area contributed by atoms with E-state index in [1.165, 1.54) is 5.56 Å². The Kier molecular flexibility index (Phi) is 5.17. The summed E-state index contributed by atoms with van der Waals surface area (Å²) in [7, 11) is 2.04. The molecule has 5 nitrogen and oxygen atoms in total. The molecule has 1 aromatic heterocycles. The van der Waals surface area contributed by atoms with Crippen molar-refractivity contribution in [3.63, 3.8) is 0 Å². The van der Waals surface area contributed by atoms with Crippen LogP contribution in [0.15, 0.2) is 39.4 Å². The molecule has 2 rings (SSSR count). The second-order valence-corrected chi connectivity index (χ2v) is 5.81. The van der Waals surface area contributed by atoms with Crippen molar-refractivity contribution in [1.29, 1.82) is 0 Å². The highest BCUT2D eigenvalue weighted by molar-refractivity contribution is 9.10. The zero-order valence-electron chi connectivity index (χ0n) is 12.0. The standard InChI is InChI=1S/C15H18BrN3O2/c1-10-12(5-6-21-10)8-19(2)9-13-4-3-11(7-14(13)16)15(20)18-17/h3-7H,8-9,17H2,1-2H3,(H,18,20). The first-order valence-electron chi connectivity index (χ1n) is 6.52. The summed E-state index contributed by atoms with van der Waals surface area (Å²) < 4.78 is 6.19. The minimum absolute atomic E-state index is 0.301. The minimum atomic E-state index is -0.301. The van der Waals surface area contributed by atoms with Crippen LogP contribution in [0.3, 0.4) is 0 Å². The number of benzene rings is 1. The number of halogens is 1. The molecule has 0 radical (unpaired) electrons. The molecule has 2 aromatic rings. The maximum atomic E-state index is 11.5. The predicted octanol–water partition coefficient (Wildman–Crippen LogP) is 2.59. The molecule has 0 saturated heterocycles. The fourth-order valence-corrected chi connectivity index (χ4v) is 2.62. The first-order valence-corrected chi connectivity index (χ1v) is 7.31. The van der Waals surface area contributed by atoms with Crippen LogP contribution in [-0.4, -0.2) is 17.9 Å². The fraction of sp³-hybridized carbons (Fsp3) is 0.267. The summed E-state index contributed by atoms with van der Waals surface area (Å²) in [6.07, 6.45) is 1.70. The van der Waals surface area contributed by atoms with Gasteiger partial charge in [0.05, 0.1) is 6.26 Å². The van der Waals surface area contributed by atoms with E-state index in [9.17, 15) is 4.79 Å². The third-order valence-corrected chi connectivity index (χ3v) is 4.03. The number of amides is 1. The molecular formula is C15H18BrN3O2. The average Bonchev–Trinajstić information content (AvgIpc) is 2.85. The van der Waals surface area contributed by atoms with Crippen molar-refractivity contribution >= 4 is 21.8 Å². The number of nitrogens with two attached hydrogens (primary N) is 1. The number of hydrogen-bond donors (Lipinski definition) is 2. The van der Waals surface area contributed by atoms with Crippen molar-refractivity contribution in [2.45, 2.75) is 20.0 Å². The smallest absolute Gasteiger partial charge is 0.265 e. The topological polar surface area (TPSA) is 71.5 Å². The van der Waals surface area contributed by atoms with Crippen molar-refractivity contribution in [3.05, 3.63) is 57.5 Å². The highest BCUT2D eigenvalue weighted by atomic mass is 79.9. The zero-order chi connectivity index (χ0) is 15.4. The van der Waals surface area contributed by atoms with Crippen LogP contribution in [0.2, 0.25) is 0 Å². The summed E-state index contributed by atoms with van der Waals surface area (Å²) in [5.41, 5.74) is 4.93. The lowest BCUT2D eigenvalue weighted by Gasteiger charge is -2.17. The number of hydrogen-bond acceptors (Lipinski definition) is 4. The summed E-state index contributed by atoms with van der Waals surface area (Å²) in [6, 6.07) is 7.44. The number of furan rings is 1. The number of carbonyl (C=O) groups excluding carboxylic acids is 1. The van der Waals surface area contributed by atoms with E-state index in [0.717, 1.165) is 28.9 Å². The molecule has 0 spiro atoms. The summed E-state index contributed by atoms with van der Waals surface area (Å²) >= 11 is 3.50. The SMILES string of the molecule is Cc1occc1CN(C)Cc1ccc(C(=O)NN)cc1Br. The second-order valence-electron chi connectivity index (χ2n) is 4.95. The molecule has 0 unspecified atom stereocenters. The number of hydrazine groups is 1. The maximum absolute atomic E-state index is 11.5. The molecule has 1 heterocycles. The van der Waals surface area contributed by atoms with Gasteiger partial charge in [0, 0.05) is 28.7 Å². The number of aryl methyl sites for hydroxylation is 1. The van der Waals surface area contributed by atoms with Gasteiger partial charge in [0.2, 0.25) is 0 Å². The lowest BCUT2D eigenvalue weighted by Crippen LogP contribution is -2.30. The third kappa shape index (κ3) is 3.93. The third-order valence-electron chi connectivity index (χ3n) is 3.29. The van der Waals surface area contributed by atoms with E-state index < -0.39 is 0 Å². The highest BCUT2D eigenvalue weighted by Crippen LogP contribution is 2.21. The molecule has 1 aromatic carbocycles. The molecule has 6 heteroatoms. The van der Waals surface area contributed by atoms with Crippen molar-refractivity contribution in [2.75, 3.05) is 7.05 Å². The Morgan fingerprint density at radius 3 is 2.62 bits per heavy atom. The quantitative estimate of drug-likeness (QED) is 0.493. The minimum Gasteiger partial charge on any atom is -0.469 e. The van der Waals surface area contributed by atoms with Crippen molar-refractivity contribution in [2.24, 2.45) is 5.84 Å². The van der Waals surface area contributed by atoms with Gasteiger partial charge in [-0.05, 0) is 37.7 Å². The van der Waals surface area contributed by atoms with E-state index in [0.29, 0.717) is 5.56 Å². The van der Waals surface area contributed by atoms with Crippen molar-refractivity contribution in [1.82, 2.24) is 10.3 Å². The molecule has 112 valence electrons. The Morgan fingerprint density at radius 1 is 1.33 bits per heavy atom. The molecule has 0 aliphatic heterocycles. The molecule has 0 atom stereocenters. The summed E-state index contributed by atoms with van der Waals surface area (Å²) in [5, 5.41) is 0. The van der Waals surface area contributed by atoms with Crippen LogP contribution >= 0.6 is 15.9 Å². The number of carbonyl (C=O) groups is 1. The van der Waals surface area contributed by atoms with Crippen LogP contribution in [0.25, 0.3) is 0 Å². The van der Waals surface area contributed by atoms with Crippen LogP contribution < -0.4 is 11.3 Å². The Labute approximate surface area is 132 Å². The molecule has 1 amide bonds. The Morgan fingerprint density at radius 2 is 2.05 bits per heavy atom. The summed E-state index contributed by atoms with van der Waals surface area (Å²) in [6.45, 7) is 3.52. The first kappa shape index (κ1) is 15.8. The van der Waals surface area contributed by atoms with Gasteiger partial charge in [-0.2, -0.15) is 0 Å². The Bertz CT molecular complexity index is 640. The lowest BCUT2D eigenvalue weighted by atomic mass is 10.1. The largest absolute Gasteiger partial charge is 0.469 e. The Balaban J connectivity index is 2.05. The monoisotopic (exact) mass is 351 g/mol. The fourth-order valence-electron chi connectivity index (χ4n) is 2.11. The molecular weight excluding hydrogens is 334 g/mol. The summed E-state index contributed by atoms with van der Waals surface area (Å²) in [4.78, 5) is 13.7. The van der Waals surface area contributed by atoms with E-state index in [2.05, 4.69) is 26.3 Å². The number of rotatable bonds is 5. The van der Waals surface area contributed by atoms with Gasteiger partial charge in [-0.3, -0.25) is 15.1 Å². The van der Waals surface area contributed by atoms with Crippen molar-refractivity contribution in [3.8, 4) is 0 Å². The van der Waals surface area contributed by atoms with Crippen LogP contribution in [0.1, 0.15) is 27.2 Å². The summed E-state index contributed by atoms with van der Waals surface area (Å²) in [5.74, 6) is 5.77. The predicted molar refractivity (Wildman–Crippen MR) is 84.4 cm³/mol. The van der Waals surface area contributed by atoms with Gasteiger partial charge in [-0.25, -0.2) is 5.84 Å². The molecule has 0 bridgehead atoms. The first-order chi connectivity index (χ1) is 10.0. The van der Waals surface area contributed by atoms with E-state index in [1.54, 1.807) is 18.4 Å².